The van der Waals surface area contributed by atoms with Crippen LogP contribution in [0, 0.1) is 12.1 Å². The van der Waals surface area contributed by atoms with Gasteiger partial charge in [-0.15, -0.1) is 18.2 Å². The van der Waals surface area contributed by atoms with Crippen molar-refractivity contribution in [2.75, 3.05) is 0 Å². The number of fused-ring (bicyclic) bond motifs is 7. The zero-order valence-electron chi connectivity index (χ0n) is 26.5. The van der Waals surface area contributed by atoms with E-state index in [4.69, 9.17) is 8.83 Å². The second-order valence-electron chi connectivity index (χ2n) is 12.7. The molecule has 0 saturated carbocycles. The standard InChI is InChI=1S/C26H18NO2.C14H16GeN.Ir/c1-15(2)16-12-13-27-22(14-16)21-8-5-7-18-20-11-10-19-17-6-3-4-9-23(17)28-25(19)26(20)29-24(18)21;1-15(2,3)13-9-10-14(16-11-13)12-7-5-4-6-8-12;/h3-7,9-15H,1-2H3;4-7,9-11H,1-3H3;/q2*-1;. The zero-order chi connectivity index (χ0) is 31.1. The first-order valence-electron chi connectivity index (χ1n) is 15.3. The Hall–Kier alpha value is -4.03. The van der Waals surface area contributed by atoms with Crippen LogP contribution in [-0.4, -0.2) is 23.2 Å². The van der Waals surface area contributed by atoms with Crippen LogP contribution in [0.15, 0.2) is 118 Å². The number of furan rings is 2. The van der Waals surface area contributed by atoms with Crippen LogP contribution in [0.2, 0.25) is 17.3 Å². The number of hydrogen-bond donors (Lipinski definition) is 0. The fourth-order valence-electron chi connectivity index (χ4n) is 5.66. The van der Waals surface area contributed by atoms with E-state index in [1.807, 2.05) is 67.0 Å². The molecule has 0 unspecified atom stereocenters. The molecule has 4 aromatic carbocycles. The van der Waals surface area contributed by atoms with Crippen molar-refractivity contribution in [2.24, 2.45) is 0 Å². The average molecular weight is 840 g/mol. The van der Waals surface area contributed by atoms with Crippen molar-refractivity contribution in [2.45, 2.75) is 37.0 Å². The second-order valence-corrected chi connectivity index (χ2v) is 23.4. The Balaban J connectivity index is 0.000000187. The van der Waals surface area contributed by atoms with E-state index in [2.05, 4.69) is 95.7 Å². The number of rotatable bonds is 4. The van der Waals surface area contributed by atoms with Gasteiger partial charge in [0.2, 0.25) is 0 Å². The normalized spacial score (nSPS) is 11.6. The van der Waals surface area contributed by atoms with E-state index in [0.29, 0.717) is 5.92 Å². The molecule has 46 heavy (non-hydrogen) atoms. The summed E-state index contributed by atoms with van der Waals surface area (Å²) in [6, 6.07) is 39.3. The number of para-hydroxylation sites is 1. The van der Waals surface area contributed by atoms with Gasteiger partial charge in [0.15, 0.2) is 11.2 Å². The van der Waals surface area contributed by atoms with Crippen molar-refractivity contribution in [3.05, 3.63) is 127 Å². The van der Waals surface area contributed by atoms with Gasteiger partial charge in [0.25, 0.3) is 0 Å². The summed E-state index contributed by atoms with van der Waals surface area (Å²) >= 11 is -1.72. The van der Waals surface area contributed by atoms with E-state index in [-0.39, 0.29) is 20.1 Å². The number of benzene rings is 4. The molecule has 231 valence electrons. The molecule has 4 heterocycles. The minimum Gasteiger partial charge on any atom is 0 e. The fraction of sp³-hybridized carbons (Fsp3) is 0.150. The first-order chi connectivity index (χ1) is 21.8. The average Bonchev–Trinajstić information content (AvgIpc) is 3.64. The van der Waals surface area contributed by atoms with Crippen LogP contribution < -0.4 is 4.40 Å². The van der Waals surface area contributed by atoms with E-state index < -0.39 is 13.3 Å². The van der Waals surface area contributed by atoms with Crippen LogP contribution in [-0.2, 0) is 20.1 Å². The number of aromatic nitrogens is 2. The molecule has 0 aliphatic rings. The van der Waals surface area contributed by atoms with Gasteiger partial charge in [0, 0.05) is 42.5 Å². The van der Waals surface area contributed by atoms with Crippen molar-refractivity contribution in [3.63, 3.8) is 0 Å². The summed E-state index contributed by atoms with van der Waals surface area (Å²) < 4.78 is 14.0. The smallest absolute Gasteiger partial charge is 0 e. The maximum Gasteiger partial charge on any atom is 0 e. The Morgan fingerprint density at radius 2 is 1.39 bits per heavy atom. The van der Waals surface area contributed by atoms with E-state index in [1.165, 1.54) is 9.96 Å². The Bertz CT molecular complexity index is 2280. The van der Waals surface area contributed by atoms with Crippen LogP contribution in [0.1, 0.15) is 25.3 Å². The molecule has 0 spiro atoms. The van der Waals surface area contributed by atoms with Gasteiger partial charge in [-0.3, -0.25) is 0 Å². The Morgan fingerprint density at radius 3 is 2.11 bits per heavy atom. The Morgan fingerprint density at radius 1 is 0.652 bits per heavy atom. The second kappa shape index (κ2) is 13.0. The van der Waals surface area contributed by atoms with Crippen LogP contribution in [0.3, 0.4) is 0 Å². The molecule has 0 saturated heterocycles. The molecule has 8 rings (SSSR count). The number of nitrogens with zero attached hydrogens (tertiary/aromatic N) is 2. The van der Waals surface area contributed by atoms with Crippen LogP contribution >= 0.6 is 0 Å². The van der Waals surface area contributed by atoms with Crippen molar-refractivity contribution >= 4 is 61.5 Å². The predicted molar refractivity (Wildman–Crippen MR) is 189 cm³/mol. The Labute approximate surface area is 285 Å². The zero-order valence-corrected chi connectivity index (χ0v) is 31.0. The van der Waals surface area contributed by atoms with E-state index >= 15 is 0 Å². The number of pyridine rings is 2. The largest absolute Gasteiger partial charge is 0 e. The van der Waals surface area contributed by atoms with Gasteiger partial charge in [-0.1, -0.05) is 60.7 Å². The van der Waals surface area contributed by atoms with Gasteiger partial charge in [-0.25, -0.2) is 0 Å². The van der Waals surface area contributed by atoms with Gasteiger partial charge in [0.05, 0.1) is 5.58 Å². The summed E-state index contributed by atoms with van der Waals surface area (Å²) in [5.74, 6) is 7.57. The maximum atomic E-state index is 6.42. The van der Waals surface area contributed by atoms with Gasteiger partial charge in [-0.2, -0.15) is 0 Å². The van der Waals surface area contributed by atoms with Crippen molar-refractivity contribution in [3.8, 4) is 22.5 Å². The molecule has 1 radical (unpaired) electrons. The summed E-state index contributed by atoms with van der Waals surface area (Å²) in [6.07, 6.45) is 3.90. The minimum atomic E-state index is -1.72. The molecule has 0 aliphatic carbocycles. The first-order valence-corrected chi connectivity index (χ1v) is 22.7. The molecule has 6 heteroatoms. The van der Waals surface area contributed by atoms with Crippen LogP contribution in [0.25, 0.3) is 66.4 Å². The monoisotopic (exact) mass is 841 g/mol. The molecule has 0 N–H and O–H groups in total. The summed E-state index contributed by atoms with van der Waals surface area (Å²) in [5.41, 5.74) is 8.30. The van der Waals surface area contributed by atoms with Crippen LogP contribution in [0.4, 0.5) is 0 Å². The molecule has 0 aliphatic heterocycles. The molecule has 0 amide bonds. The van der Waals surface area contributed by atoms with E-state index in [9.17, 15) is 0 Å². The van der Waals surface area contributed by atoms with Crippen molar-refractivity contribution in [1.29, 1.82) is 0 Å². The molecule has 4 aromatic heterocycles. The molecular formula is C40H34GeIrN2O2-2. The van der Waals surface area contributed by atoms with Gasteiger partial charge in [0.1, 0.15) is 5.58 Å². The van der Waals surface area contributed by atoms with Crippen molar-refractivity contribution in [1.82, 2.24) is 9.97 Å². The van der Waals surface area contributed by atoms with Crippen molar-refractivity contribution < 1.29 is 28.9 Å². The van der Waals surface area contributed by atoms with Crippen LogP contribution in [0.5, 0.6) is 0 Å². The molecule has 0 fully saturated rings. The Kier molecular flexibility index (Phi) is 9.02. The minimum absolute atomic E-state index is 0. The topological polar surface area (TPSA) is 52.1 Å². The summed E-state index contributed by atoms with van der Waals surface area (Å²) in [7, 11) is 0. The first kappa shape index (κ1) is 31.9. The molecule has 0 bridgehead atoms. The van der Waals surface area contributed by atoms with E-state index in [0.717, 1.165) is 66.4 Å². The van der Waals surface area contributed by atoms with Gasteiger partial charge < -0.3 is 13.8 Å². The summed E-state index contributed by atoms with van der Waals surface area (Å²) in [4.78, 5) is 9.13. The molecule has 0 atom stereocenters. The third-order valence-corrected chi connectivity index (χ3v) is 12.5. The summed E-state index contributed by atoms with van der Waals surface area (Å²) in [5, 5.41) is 4.26. The quantitative estimate of drug-likeness (QED) is 0.131. The maximum absolute atomic E-state index is 6.42. The molecule has 8 aromatic rings. The third kappa shape index (κ3) is 6.07. The van der Waals surface area contributed by atoms with Gasteiger partial charge >= 0.3 is 99.8 Å². The fourth-order valence-corrected chi connectivity index (χ4v) is 7.84. The van der Waals surface area contributed by atoms with E-state index in [1.54, 1.807) is 0 Å². The predicted octanol–water partition coefficient (Wildman–Crippen LogP) is 10.6. The molecular weight excluding hydrogens is 805 g/mol. The molecule has 4 nitrogen and oxygen atoms in total. The SMILES string of the molecule is CC(C)c1ccnc(-c2[c-]ccc3c2oc2c3ccc3c4ccccc4oc32)c1.[CH3][Ge]([CH3])([CH3])[c]1ccc(-c2[c-]cccc2)nc1.[Ir]. The third-order valence-electron chi connectivity index (χ3n) is 8.27. The summed E-state index contributed by atoms with van der Waals surface area (Å²) in [6.45, 7) is 4.37. The van der Waals surface area contributed by atoms with Gasteiger partial charge in [-0.05, 0) is 29.8 Å². The number of hydrogen-bond acceptors (Lipinski definition) is 4.